The van der Waals surface area contributed by atoms with Gasteiger partial charge in [-0.2, -0.15) is 0 Å². The molecule has 0 fully saturated rings. The van der Waals surface area contributed by atoms with Gasteiger partial charge in [0.15, 0.2) is 5.75 Å². The Balaban J connectivity index is 2.61. The fraction of sp³-hybridized carbons (Fsp3) is 0.250. The number of aliphatic hydroxyl groups excluding tert-OH is 1. The third-order valence-electron chi connectivity index (χ3n) is 1.48. The van der Waals surface area contributed by atoms with E-state index in [0.717, 1.165) is 0 Å². The van der Waals surface area contributed by atoms with Crippen molar-refractivity contribution >= 4 is 8.25 Å². The third-order valence-corrected chi connectivity index (χ3v) is 1.97. The molecule has 1 N–H and O–H groups in total. The summed E-state index contributed by atoms with van der Waals surface area (Å²) in [4.78, 5) is 4.71. The van der Waals surface area contributed by atoms with Gasteiger partial charge in [-0.1, -0.05) is 22.9 Å². The van der Waals surface area contributed by atoms with Gasteiger partial charge in [0.25, 0.3) is 0 Å². The Bertz CT molecular complexity index is 314. The van der Waals surface area contributed by atoms with E-state index >= 15 is 0 Å². The van der Waals surface area contributed by atoms with Gasteiger partial charge in [0.1, 0.15) is 0 Å². The number of hydrogen-bond acceptors (Lipinski definition) is 5. The van der Waals surface area contributed by atoms with Gasteiger partial charge in [0.05, 0.1) is 13.7 Å². The summed E-state index contributed by atoms with van der Waals surface area (Å²) in [5.74, 6) is 0.315. The zero-order valence-corrected chi connectivity index (χ0v) is 8.44. The lowest BCUT2D eigenvalue weighted by molar-refractivity contribution is -0.105. The Labute approximate surface area is 82.1 Å². The fourth-order valence-electron chi connectivity index (χ4n) is 0.817. The topological polar surface area (TPSA) is 65.0 Å². The molecule has 0 amide bonds. The van der Waals surface area contributed by atoms with Crippen molar-refractivity contribution < 1.29 is 23.8 Å². The van der Waals surface area contributed by atoms with Crippen LogP contribution in [-0.4, -0.2) is 12.2 Å². The van der Waals surface area contributed by atoms with Crippen molar-refractivity contribution in [1.29, 1.82) is 0 Å². The van der Waals surface area contributed by atoms with E-state index in [1.165, 1.54) is 7.11 Å². The number of rotatable bonds is 5. The molecule has 1 atom stereocenters. The monoisotopic (exact) mass is 217 g/mol. The van der Waals surface area contributed by atoms with Crippen LogP contribution in [0.2, 0.25) is 0 Å². The van der Waals surface area contributed by atoms with Gasteiger partial charge in [0, 0.05) is 5.56 Å². The Hall–Kier alpha value is -1.00. The van der Waals surface area contributed by atoms with E-state index in [0.29, 0.717) is 11.3 Å². The van der Waals surface area contributed by atoms with E-state index in [2.05, 4.69) is 9.20 Å². The quantitative estimate of drug-likeness (QED) is 0.462. The second kappa shape index (κ2) is 5.67. The minimum Gasteiger partial charge on any atom is -0.392 e. The summed E-state index contributed by atoms with van der Waals surface area (Å²) < 4.78 is 19.4. The molecule has 0 aliphatic carbocycles. The van der Waals surface area contributed by atoms with E-state index in [1.54, 1.807) is 24.3 Å². The van der Waals surface area contributed by atoms with Crippen molar-refractivity contribution in [1.82, 2.24) is 0 Å². The molecular weight excluding hydrogens is 207 g/mol. The Morgan fingerprint density at radius 1 is 1.43 bits per heavy atom. The minimum atomic E-state index is -2.27. The molecule has 14 heavy (non-hydrogen) atoms. The van der Waals surface area contributed by atoms with Gasteiger partial charge in [-0.05, 0) is 6.07 Å². The molecule has 0 aromatic heterocycles. The zero-order valence-electron chi connectivity index (χ0n) is 7.54. The van der Waals surface area contributed by atoms with Crippen molar-refractivity contribution in [2.75, 3.05) is 7.11 Å². The van der Waals surface area contributed by atoms with Crippen LogP contribution >= 0.6 is 8.25 Å². The molecule has 1 radical (unpaired) electrons. The lowest BCUT2D eigenvalue weighted by Gasteiger charge is -2.05. The largest absolute Gasteiger partial charge is 0.407 e. The van der Waals surface area contributed by atoms with Crippen LogP contribution in [0.3, 0.4) is 0 Å². The van der Waals surface area contributed by atoms with Crippen LogP contribution in [0.4, 0.5) is 0 Å². The first-order valence-corrected chi connectivity index (χ1v) is 4.92. The van der Waals surface area contributed by atoms with Crippen LogP contribution < -0.4 is 4.89 Å². The van der Waals surface area contributed by atoms with Crippen molar-refractivity contribution in [2.45, 2.75) is 6.61 Å². The molecule has 0 aliphatic rings. The molecule has 1 aromatic carbocycles. The Morgan fingerprint density at radius 3 is 2.79 bits per heavy atom. The Morgan fingerprint density at radius 2 is 2.14 bits per heavy atom. The Kier molecular flexibility index (Phi) is 4.49. The molecule has 0 saturated heterocycles. The molecule has 5 nitrogen and oxygen atoms in total. The van der Waals surface area contributed by atoms with E-state index < -0.39 is 8.25 Å². The molecule has 0 aliphatic heterocycles. The highest BCUT2D eigenvalue weighted by Crippen LogP contribution is 2.26. The summed E-state index contributed by atoms with van der Waals surface area (Å²) >= 11 is 0. The van der Waals surface area contributed by atoms with Crippen LogP contribution in [0, 0.1) is 0 Å². The van der Waals surface area contributed by atoms with Crippen molar-refractivity contribution in [3.63, 3.8) is 0 Å². The smallest absolute Gasteiger partial charge is 0.392 e. The summed E-state index contributed by atoms with van der Waals surface area (Å²) in [6.07, 6.45) is 0. The van der Waals surface area contributed by atoms with Crippen LogP contribution in [-0.2, 0) is 20.4 Å². The van der Waals surface area contributed by atoms with Crippen LogP contribution in [0.5, 0.6) is 5.75 Å². The number of aliphatic hydroxyl groups is 1. The first-order chi connectivity index (χ1) is 6.77. The standard InChI is InChI=1S/C8H10O5P/c1-11-14(10)13-12-8-5-3-2-4-7(8)6-9/h2-5,9H,6H2,1H3. The third kappa shape index (κ3) is 3.05. The summed E-state index contributed by atoms with van der Waals surface area (Å²) in [5, 5.41) is 8.90. The predicted molar refractivity (Wildman–Crippen MR) is 48.7 cm³/mol. The van der Waals surface area contributed by atoms with Gasteiger partial charge in [-0.25, -0.2) is 4.57 Å². The van der Waals surface area contributed by atoms with Crippen LogP contribution in [0.1, 0.15) is 5.56 Å². The maximum Gasteiger partial charge on any atom is 0.407 e. The molecule has 0 saturated carbocycles. The average molecular weight is 217 g/mol. The molecule has 6 heteroatoms. The summed E-state index contributed by atoms with van der Waals surface area (Å²) in [5.41, 5.74) is 0.548. The van der Waals surface area contributed by atoms with Crippen molar-refractivity contribution in [3.8, 4) is 5.75 Å². The van der Waals surface area contributed by atoms with Gasteiger partial charge in [0.2, 0.25) is 0 Å². The molecule has 77 valence electrons. The molecule has 1 unspecified atom stereocenters. The summed E-state index contributed by atoms with van der Waals surface area (Å²) in [6.45, 7) is -0.177. The minimum absolute atomic E-state index is 0.177. The van der Waals surface area contributed by atoms with Gasteiger partial charge >= 0.3 is 8.25 Å². The van der Waals surface area contributed by atoms with E-state index in [1.807, 2.05) is 0 Å². The normalized spacial score (nSPS) is 11.1. The van der Waals surface area contributed by atoms with E-state index in [-0.39, 0.29) is 6.61 Å². The van der Waals surface area contributed by atoms with Gasteiger partial charge in [-0.15, -0.1) is 0 Å². The van der Waals surface area contributed by atoms with Crippen LogP contribution in [0.15, 0.2) is 24.3 Å². The van der Waals surface area contributed by atoms with Crippen LogP contribution in [0.25, 0.3) is 0 Å². The van der Waals surface area contributed by atoms with Gasteiger partial charge < -0.3 is 9.99 Å². The van der Waals surface area contributed by atoms with Crippen molar-refractivity contribution in [2.24, 2.45) is 0 Å². The zero-order chi connectivity index (χ0) is 10.4. The SMILES string of the molecule is CO[P](=O)OOc1ccccc1CO. The number of para-hydroxylation sites is 1. The maximum absolute atomic E-state index is 10.7. The first kappa shape index (κ1) is 11.1. The van der Waals surface area contributed by atoms with Crippen molar-refractivity contribution in [3.05, 3.63) is 29.8 Å². The lowest BCUT2D eigenvalue weighted by atomic mass is 10.2. The fourth-order valence-corrected chi connectivity index (χ4v) is 1.02. The lowest BCUT2D eigenvalue weighted by Crippen LogP contribution is -1.94. The highest BCUT2D eigenvalue weighted by Gasteiger charge is 2.05. The summed E-state index contributed by atoms with van der Waals surface area (Å²) in [6, 6.07) is 6.70. The van der Waals surface area contributed by atoms with E-state index in [4.69, 9.17) is 9.99 Å². The molecule has 0 heterocycles. The predicted octanol–water partition coefficient (Wildman–Crippen LogP) is 1.79. The molecular formula is C8H10O5P. The maximum atomic E-state index is 10.7. The second-order valence-corrected chi connectivity index (χ2v) is 3.29. The number of benzene rings is 1. The second-order valence-electron chi connectivity index (χ2n) is 2.33. The number of hydrogen-bond donors (Lipinski definition) is 1. The average Bonchev–Trinajstić information content (AvgIpc) is 2.26. The molecule has 1 aromatic rings. The summed E-state index contributed by atoms with van der Waals surface area (Å²) in [7, 11) is -1.04. The van der Waals surface area contributed by atoms with E-state index in [9.17, 15) is 4.57 Å². The molecule has 0 spiro atoms. The highest BCUT2D eigenvalue weighted by atomic mass is 31.1. The molecule has 0 bridgehead atoms. The highest BCUT2D eigenvalue weighted by molar-refractivity contribution is 7.33. The first-order valence-electron chi connectivity index (χ1n) is 3.82. The van der Waals surface area contributed by atoms with Gasteiger partial charge in [-0.3, -0.25) is 4.52 Å². The molecule has 1 rings (SSSR count).